The lowest BCUT2D eigenvalue weighted by Crippen LogP contribution is -2.26. The van der Waals surface area contributed by atoms with Gasteiger partial charge in [0.05, 0.1) is 0 Å². The SMILES string of the molecule is CC.CSN1CCC(C)CC1. The first-order chi connectivity index (χ1) is 5.33. The topological polar surface area (TPSA) is 3.24 Å². The second-order valence-electron chi connectivity index (χ2n) is 2.79. The van der Waals surface area contributed by atoms with Gasteiger partial charge in [-0.1, -0.05) is 32.7 Å². The van der Waals surface area contributed by atoms with E-state index in [-0.39, 0.29) is 0 Å². The highest BCUT2D eigenvalue weighted by molar-refractivity contribution is 7.96. The van der Waals surface area contributed by atoms with E-state index in [1.54, 1.807) is 0 Å². The lowest BCUT2D eigenvalue weighted by molar-refractivity contribution is 0.309. The Morgan fingerprint density at radius 1 is 1.18 bits per heavy atom. The first-order valence-electron chi connectivity index (χ1n) is 4.62. The number of hydrogen-bond acceptors (Lipinski definition) is 2. The Morgan fingerprint density at radius 2 is 1.64 bits per heavy atom. The van der Waals surface area contributed by atoms with Crippen LogP contribution in [0.4, 0.5) is 0 Å². The zero-order chi connectivity index (χ0) is 8.69. The van der Waals surface area contributed by atoms with Crippen molar-refractivity contribution in [3.63, 3.8) is 0 Å². The van der Waals surface area contributed by atoms with E-state index in [1.807, 2.05) is 25.8 Å². The first kappa shape index (κ1) is 11.3. The van der Waals surface area contributed by atoms with Gasteiger partial charge in [0.2, 0.25) is 0 Å². The smallest absolute Gasteiger partial charge is 0.00917 e. The van der Waals surface area contributed by atoms with E-state index in [0.29, 0.717) is 0 Å². The molecule has 0 aromatic rings. The Bertz CT molecular complexity index is 77.6. The van der Waals surface area contributed by atoms with Crippen LogP contribution in [0.1, 0.15) is 33.6 Å². The highest BCUT2D eigenvalue weighted by Crippen LogP contribution is 2.19. The van der Waals surface area contributed by atoms with Crippen molar-refractivity contribution in [2.24, 2.45) is 5.92 Å². The molecule has 0 saturated carbocycles. The van der Waals surface area contributed by atoms with Crippen LogP contribution in [0.3, 0.4) is 0 Å². The largest absolute Gasteiger partial charge is 0.251 e. The quantitative estimate of drug-likeness (QED) is 0.564. The van der Waals surface area contributed by atoms with Gasteiger partial charge in [0.25, 0.3) is 0 Å². The Kier molecular flexibility index (Phi) is 7.18. The molecule has 1 heterocycles. The van der Waals surface area contributed by atoms with Gasteiger partial charge in [-0.15, -0.1) is 0 Å². The van der Waals surface area contributed by atoms with Crippen LogP contribution in [0.2, 0.25) is 0 Å². The molecule has 0 spiro atoms. The predicted octanol–water partition coefficient (Wildman–Crippen LogP) is 3.02. The van der Waals surface area contributed by atoms with Crippen molar-refractivity contribution >= 4 is 11.9 Å². The number of nitrogens with zero attached hydrogens (tertiary/aromatic N) is 1. The van der Waals surface area contributed by atoms with Gasteiger partial charge < -0.3 is 0 Å². The van der Waals surface area contributed by atoms with Crippen molar-refractivity contribution in [3.8, 4) is 0 Å². The van der Waals surface area contributed by atoms with E-state index in [1.165, 1.54) is 25.9 Å². The summed E-state index contributed by atoms with van der Waals surface area (Å²) >= 11 is 1.88. The van der Waals surface area contributed by atoms with Crippen LogP contribution in [-0.4, -0.2) is 23.7 Å². The number of hydrogen-bond donors (Lipinski definition) is 0. The highest BCUT2D eigenvalue weighted by Gasteiger charge is 2.13. The van der Waals surface area contributed by atoms with Gasteiger partial charge >= 0.3 is 0 Å². The summed E-state index contributed by atoms with van der Waals surface area (Å²) < 4.78 is 2.44. The number of rotatable bonds is 1. The van der Waals surface area contributed by atoms with Crippen molar-refractivity contribution in [3.05, 3.63) is 0 Å². The summed E-state index contributed by atoms with van der Waals surface area (Å²) in [5.74, 6) is 0.966. The van der Waals surface area contributed by atoms with E-state index in [9.17, 15) is 0 Å². The standard InChI is InChI=1S/C7H15NS.C2H6/c1-7-3-5-8(9-2)6-4-7;1-2/h7H,3-6H2,1-2H3;1-2H3. The average Bonchev–Trinajstić information content (AvgIpc) is 2.10. The Hall–Kier alpha value is 0.310. The molecule has 1 rings (SSSR count). The van der Waals surface area contributed by atoms with Crippen molar-refractivity contribution in [1.29, 1.82) is 0 Å². The van der Waals surface area contributed by atoms with E-state index in [2.05, 4.69) is 17.5 Å². The molecule has 1 fully saturated rings. The van der Waals surface area contributed by atoms with Gasteiger partial charge in [0.1, 0.15) is 0 Å². The van der Waals surface area contributed by atoms with E-state index in [4.69, 9.17) is 0 Å². The van der Waals surface area contributed by atoms with Gasteiger partial charge in [-0.25, -0.2) is 0 Å². The fourth-order valence-corrected chi connectivity index (χ4v) is 1.74. The zero-order valence-electron chi connectivity index (χ0n) is 8.26. The minimum Gasteiger partial charge on any atom is -0.251 e. The van der Waals surface area contributed by atoms with Gasteiger partial charge in [-0.2, -0.15) is 0 Å². The molecule has 68 valence electrons. The summed E-state index contributed by atoms with van der Waals surface area (Å²) in [5, 5.41) is 0. The van der Waals surface area contributed by atoms with Gasteiger partial charge in [0.15, 0.2) is 0 Å². The van der Waals surface area contributed by atoms with E-state index in [0.717, 1.165) is 5.92 Å². The average molecular weight is 175 g/mol. The summed E-state index contributed by atoms with van der Waals surface area (Å²) in [5.41, 5.74) is 0. The maximum absolute atomic E-state index is 2.44. The van der Waals surface area contributed by atoms with E-state index < -0.39 is 0 Å². The summed E-state index contributed by atoms with van der Waals surface area (Å²) in [6.45, 7) is 8.93. The second-order valence-corrected chi connectivity index (χ2v) is 3.68. The molecule has 1 aliphatic heterocycles. The molecule has 0 amide bonds. The van der Waals surface area contributed by atoms with Gasteiger partial charge in [-0.3, -0.25) is 4.31 Å². The first-order valence-corrected chi connectivity index (χ1v) is 5.80. The lowest BCUT2D eigenvalue weighted by atomic mass is 10.0. The van der Waals surface area contributed by atoms with Crippen LogP contribution in [0.15, 0.2) is 0 Å². The maximum Gasteiger partial charge on any atom is 0.00917 e. The Morgan fingerprint density at radius 3 is 2.00 bits per heavy atom. The molecule has 0 unspecified atom stereocenters. The summed E-state index contributed by atoms with van der Waals surface area (Å²) in [6, 6.07) is 0. The summed E-state index contributed by atoms with van der Waals surface area (Å²) in [4.78, 5) is 0. The van der Waals surface area contributed by atoms with Crippen LogP contribution >= 0.6 is 11.9 Å². The van der Waals surface area contributed by atoms with Crippen molar-refractivity contribution in [2.45, 2.75) is 33.6 Å². The van der Waals surface area contributed by atoms with Crippen molar-refractivity contribution in [1.82, 2.24) is 4.31 Å². The molecule has 0 aromatic carbocycles. The zero-order valence-corrected chi connectivity index (χ0v) is 9.08. The maximum atomic E-state index is 2.44. The molecular weight excluding hydrogens is 154 g/mol. The number of piperidine rings is 1. The van der Waals surface area contributed by atoms with Crippen LogP contribution < -0.4 is 0 Å². The van der Waals surface area contributed by atoms with Crippen LogP contribution in [-0.2, 0) is 0 Å². The van der Waals surface area contributed by atoms with E-state index >= 15 is 0 Å². The fraction of sp³-hybridized carbons (Fsp3) is 1.00. The molecule has 1 aliphatic rings. The molecule has 0 bridgehead atoms. The highest BCUT2D eigenvalue weighted by atomic mass is 32.2. The minimum absolute atomic E-state index is 0.966. The molecule has 2 heteroatoms. The monoisotopic (exact) mass is 175 g/mol. The minimum atomic E-state index is 0.966. The molecule has 1 saturated heterocycles. The van der Waals surface area contributed by atoms with Crippen molar-refractivity contribution in [2.75, 3.05) is 19.3 Å². The molecule has 11 heavy (non-hydrogen) atoms. The molecule has 0 aliphatic carbocycles. The predicted molar refractivity (Wildman–Crippen MR) is 54.8 cm³/mol. The molecular formula is C9H21NS. The normalized spacial score (nSPS) is 20.7. The van der Waals surface area contributed by atoms with Gasteiger partial charge in [-0.05, 0) is 25.0 Å². The molecule has 0 aromatic heterocycles. The fourth-order valence-electron chi connectivity index (χ4n) is 1.17. The Labute approximate surface area is 75.7 Å². The van der Waals surface area contributed by atoms with Crippen molar-refractivity contribution < 1.29 is 0 Å². The molecule has 0 atom stereocenters. The third-order valence-corrected chi connectivity index (χ3v) is 2.88. The molecule has 0 N–H and O–H groups in total. The van der Waals surface area contributed by atoms with Crippen LogP contribution in [0, 0.1) is 5.92 Å². The van der Waals surface area contributed by atoms with Crippen LogP contribution in [0.5, 0.6) is 0 Å². The Balaban J connectivity index is 0.000000461. The summed E-state index contributed by atoms with van der Waals surface area (Å²) in [6.07, 6.45) is 4.94. The molecule has 0 radical (unpaired) electrons. The van der Waals surface area contributed by atoms with Crippen LogP contribution in [0.25, 0.3) is 0 Å². The lowest BCUT2D eigenvalue weighted by Gasteiger charge is -2.27. The third kappa shape index (κ3) is 4.70. The molecule has 1 nitrogen and oxygen atoms in total. The van der Waals surface area contributed by atoms with Gasteiger partial charge in [0, 0.05) is 13.1 Å². The second kappa shape index (κ2) is 6.99. The third-order valence-electron chi connectivity index (χ3n) is 2.00. The summed E-state index contributed by atoms with van der Waals surface area (Å²) in [7, 11) is 0.